The van der Waals surface area contributed by atoms with E-state index in [0.29, 0.717) is 12.3 Å². The third-order valence-corrected chi connectivity index (χ3v) is 4.21. The summed E-state index contributed by atoms with van der Waals surface area (Å²) in [5, 5.41) is 2.69. The second-order valence-corrected chi connectivity index (χ2v) is 7.28. The predicted octanol–water partition coefficient (Wildman–Crippen LogP) is 1.06. The lowest BCUT2D eigenvalue weighted by Crippen LogP contribution is -2.33. The molecule has 0 aliphatic heterocycles. The highest BCUT2D eigenvalue weighted by Crippen LogP contribution is 2.10. The van der Waals surface area contributed by atoms with Gasteiger partial charge in [0, 0.05) is 34.0 Å². The van der Waals surface area contributed by atoms with Crippen LogP contribution in [0, 0.1) is 6.92 Å². The smallest absolute Gasteiger partial charge is 0.271 e. The Morgan fingerprint density at radius 1 is 1.33 bits per heavy atom. The summed E-state index contributed by atoms with van der Waals surface area (Å²) in [6.45, 7) is 7.92. The quantitative estimate of drug-likeness (QED) is 0.887. The first-order chi connectivity index (χ1) is 8.30. The molecular weight excluding hydrogens is 250 g/mol. The van der Waals surface area contributed by atoms with Crippen molar-refractivity contribution in [2.75, 3.05) is 12.3 Å². The van der Waals surface area contributed by atoms with Crippen molar-refractivity contribution in [3.63, 3.8) is 0 Å². The highest BCUT2D eigenvalue weighted by Gasteiger charge is 2.19. The van der Waals surface area contributed by atoms with Crippen LogP contribution in [0.25, 0.3) is 0 Å². The molecule has 1 unspecified atom stereocenters. The SMILES string of the molecule is Cc1cnc(C(=O)NCCS(=O)C(C)(C)C)cn1. The standard InChI is InChI=1S/C12H19N3O2S/c1-9-7-15-10(8-14-9)11(16)13-5-6-18(17)12(2,3)4/h7-8H,5-6H2,1-4H3,(H,13,16). The number of rotatable bonds is 4. The molecule has 18 heavy (non-hydrogen) atoms. The van der Waals surface area contributed by atoms with E-state index in [2.05, 4.69) is 15.3 Å². The summed E-state index contributed by atoms with van der Waals surface area (Å²) in [6, 6.07) is 0. The minimum absolute atomic E-state index is 0.256. The van der Waals surface area contributed by atoms with Crippen LogP contribution < -0.4 is 5.32 Å². The molecule has 0 aliphatic carbocycles. The van der Waals surface area contributed by atoms with Crippen LogP contribution in [0.3, 0.4) is 0 Å². The summed E-state index contributed by atoms with van der Waals surface area (Å²) >= 11 is 0. The lowest BCUT2D eigenvalue weighted by Gasteiger charge is -2.17. The minimum atomic E-state index is -0.965. The number of amides is 1. The Labute approximate surface area is 110 Å². The number of nitrogens with one attached hydrogen (secondary N) is 1. The van der Waals surface area contributed by atoms with Crippen molar-refractivity contribution >= 4 is 16.7 Å². The molecule has 6 heteroatoms. The van der Waals surface area contributed by atoms with E-state index in [-0.39, 0.29) is 16.3 Å². The van der Waals surface area contributed by atoms with Gasteiger partial charge < -0.3 is 5.32 Å². The van der Waals surface area contributed by atoms with Gasteiger partial charge in [0.25, 0.3) is 5.91 Å². The molecule has 100 valence electrons. The Morgan fingerprint density at radius 2 is 2.00 bits per heavy atom. The fourth-order valence-corrected chi connectivity index (χ4v) is 2.06. The molecule has 0 radical (unpaired) electrons. The van der Waals surface area contributed by atoms with Crippen molar-refractivity contribution in [1.82, 2.24) is 15.3 Å². The number of aromatic nitrogens is 2. The van der Waals surface area contributed by atoms with Crippen molar-refractivity contribution in [3.8, 4) is 0 Å². The molecule has 1 atom stereocenters. The van der Waals surface area contributed by atoms with Crippen LogP contribution in [0.5, 0.6) is 0 Å². The van der Waals surface area contributed by atoms with Crippen LogP contribution in [0.15, 0.2) is 12.4 Å². The van der Waals surface area contributed by atoms with Gasteiger partial charge in [-0.25, -0.2) is 4.98 Å². The predicted molar refractivity (Wildman–Crippen MR) is 71.9 cm³/mol. The molecule has 0 aromatic carbocycles. The number of nitrogens with zero attached hydrogens (tertiary/aromatic N) is 2. The molecule has 0 fully saturated rings. The average Bonchev–Trinajstić information content (AvgIpc) is 2.28. The van der Waals surface area contributed by atoms with Gasteiger partial charge in [-0.3, -0.25) is 14.0 Å². The summed E-state index contributed by atoms with van der Waals surface area (Å²) < 4.78 is 11.5. The Morgan fingerprint density at radius 3 is 2.50 bits per heavy atom. The van der Waals surface area contributed by atoms with Gasteiger partial charge in [0.2, 0.25) is 0 Å². The molecule has 0 aliphatic rings. The highest BCUT2D eigenvalue weighted by molar-refractivity contribution is 7.86. The lowest BCUT2D eigenvalue weighted by molar-refractivity contribution is 0.0950. The first kappa shape index (κ1) is 14.8. The Bertz CT molecular complexity index is 438. The van der Waals surface area contributed by atoms with E-state index in [9.17, 15) is 9.00 Å². The number of hydrogen-bond acceptors (Lipinski definition) is 4. The van der Waals surface area contributed by atoms with Crippen LogP contribution in [-0.4, -0.2) is 37.1 Å². The average molecular weight is 269 g/mol. The zero-order valence-electron chi connectivity index (χ0n) is 11.2. The van der Waals surface area contributed by atoms with E-state index in [1.54, 1.807) is 13.1 Å². The van der Waals surface area contributed by atoms with Gasteiger partial charge in [0.15, 0.2) is 0 Å². The summed E-state index contributed by atoms with van der Waals surface area (Å²) in [4.78, 5) is 19.6. The van der Waals surface area contributed by atoms with Gasteiger partial charge in [0.1, 0.15) is 5.69 Å². The number of carbonyl (C=O) groups excluding carboxylic acids is 1. The maximum Gasteiger partial charge on any atom is 0.271 e. The zero-order valence-corrected chi connectivity index (χ0v) is 12.0. The second kappa shape index (κ2) is 6.04. The van der Waals surface area contributed by atoms with Crippen molar-refractivity contribution in [2.45, 2.75) is 32.4 Å². The Hall–Kier alpha value is -1.30. The fraction of sp³-hybridized carbons (Fsp3) is 0.583. The van der Waals surface area contributed by atoms with Crippen LogP contribution in [-0.2, 0) is 10.8 Å². The molecule has 1 heterocycles. The van der Waals surface area contributed by atoms with Crippen molar-refractivity contribution in [2.24, 2.45) is 0 Å². The van der Waals surface area contributed by atoms with Crippen LogP contribution in [0.4, 0.5) is 0 Å². The summed E-state index contributed by atoms with van der Waals surface area (Å²) in [7, 11) is -0.965. The summed E-state index contributed by atoms with van der Waals surface area (Å²) in [6.07, 6.45) is 2.98. The largest absolute Gasteiger partial charge is 0.350 e. The summed E-state index contributed by atoms with van der Waals surface area (Å²) in [5.74, 6) is 0.155. The van der Waals surface area contributed by atoms with Crippen LogP contribution in [0.1, 0.15) is 37.0 Å². The lowest BCUT2D eigenvalue weighted by atomic mass is 10.3. The maximum atomic E-state index is 11.8. The second-order valence-electron chi connectivity index (χ2n) is 4.96. The molecule has 1 N–H and O–H groups in total. The van der Waals surface area contributed by atoms with Gasteiger partial charge in [-0.15, -0.1) is 0 Å². The summed E-state index contributed by atoms with van der Waals surface area (Å²) in [5.41, 5.74) is 1.04. The number of hydrogen-bond donors (Lipinski definition) is 1. The Kier molecular flexibility index (Phi) is 4.95. The van der Waals surface area contributed by atoms with Gasteiger partial charge in [0.05, 0.1) is 11.9 Å². The molecular formula is C12H19N3O2S. The van der Waals surface area contributed by atoms with E-state index in [1.165, 1.54) is 6.20 Å². The number of aryl methyl sites for hydroxylation is 1. The molecule has 1 rings (SSSR count). The molecule has 5 nitrogen and oxygen atoms in total. The van der Waals surface area contributed by atoms with E-state index in [4.69, 9.17) is 0 Å². The van der Waals surface area contributed by atoms with E-state index >= 15 is 0 Å². The minimum Gasteiger partial charge on any atom is -0.350 e. The van der Waals surface area contributed by atoms with E-state index < -0.39 is 10.8 Å². The first-order valence-electron chi connectivity index (χ1n) is 5.76. The number of carbonyl (C=O) groups is 1. The monoisotopic (exact) mass is 269 g/mol. The maximum absolute atomic E-state index is 11.8. The highest BCUT2D eigenvalue weighted by atomic mass is 32.2. The van der Waals surface area contributed by atoms with Gasteiger partial charge in [-0.05, 0) is 27.7 Å². The molecule has 1 aromatic heterocycles. The third-order valence-electron chi connectivity index (χ3n) is 2.27. The molecule has 1 amide bonds. The van der Waals surface area contributed by atoms with Gasteiger partial charge in [-0.1, -0.05) is 0 Å². The van der Waals surface area contributed by atoms with Crippen LogP contribution >= 0.6 is 0 Å². The molecule has 0 bridgehead atoms. The normalized spacial score (nSPS) is 13.1. The van der Waals surface area contributed by atoms with Crippen molar-refractivity contribution < 1.29 is 9.00 Å². The molecule has 0 spiro atoms. The Balaban J connectivity index is 2.43. The topological polar surface area (TPSA) is 72.0 Å². The first-order valence-corrected chi connectivity index (χ1v) is 7.08. The van der Waals surface area contributed by atoms with Gasteiger partial charge >= 0.3 is 0 Å². The van der Waals surface area contributed by atoms with E-state index in [0.717, 1.165) is 5.69 Å². The van der Waals surface area contributed by atoms with Crippen molar-refractivity contribution in [1.29, 1.82) is 0 Å². The zero-order chi connectivity index (χ0) is 13.8. The molecule has 0 saturated heterocycles. The van der Waals surface area contributed by atoms with E-state index in [1.807, 2.05) is 20.8 Å². The molecule has 0 saturated carbocycles. The third kappa shape index (κ3) is 4.52. The fourth-order valence-electron chi connectivity index (χ4n) is 1.16. The van der Waals surface area contributed by atoms with Gasteiger partial charge in [-0.2, -0.15) is 0 Å². The van der Waals surface area contributed by atoms with Crippen molar-refractivity contribution in [3.05, 3.63) is 23.8 Å². The molecule has 1 aromatic rings. The van der Waals surface area contributed by atoms with Crippen LogP contribution in [0.2, 0.25) is 0 Å².